The van der Waals surface area contributed by atoms with Crippen LogP contribution in [0.25, 0.3) is 0 Å². The maximum Gasteiger partial charge on any atom is 0.501 e. The van der Waals surface area contributed by atoms with Gasteiger partial charge in [0.1, 0.15) is 0 Å². The highest BCUT2D eigenvalue weighted by molar-refractivity contribution is 7.92. The SMILES string of the molecule is O=C1NCCCN1c1cccc(Nc2ccccc2S(=O)(=O)C(F)(F)F)c1. The summed E-state index contributed by atoms with van der Waals surface area (Å²) in [4.78, 5) is 12.6. The zero-order valence-electron chi connectivity index (χ0n) is 14.0. The Morgan fingerprint density at radius 3 is 2.52 bits per heavy atom. The molecule has 0 bridgehead atoms. The van der Waals surface area contributed by atoms with E-state index in [2.05, 4.69) is 10.6 Å². The van der Waals surface area contributed by atoms with E-state index in [1.54, 1.807) is 24.3 Å². The van der Waals surface area contributed by atoms with Gasteiger partial charge in [0.25, 0.3) is 9.84 Å². The molecule has 0 saturated carbocycles. The number of carbonyl (C=O) groups excluding carboxylic acids is 1. The lowest BCUT2D eigenvalue weighted by Crippen LogP contribution is -2.46. The van der Waals surface area contributed by atoms with Crippen molar-refractivity contribution in [3.05, 3.63) is 48.5 Å². The molecule has 2 amide bonds. The number of rotatable bonds is 4. The highest BCUT2D eigenvalue weighted by Crippen LogP contribution is 2.35. The molecule has 10 heteroatoms. The van der Waals surface area contributed by atoms with Gasteiger partial charge in [0.2, 0.25) is 0 Å². The topological polar surface area (TPSA) is 78.5 Å². The Kier molecular flexibility index (Phi) is 5.01. The van der Waals surface area contributed by atoms with Crippen molar-refractivity contribution in [1.29, 1.82) is 0 Å². The standard InChI is InChI=1S/C17H16F3N3O3S/c18-17(19,20)27(25,26)15-8-2-1-7-14(15)22-12-5-3-6-13(11-12)23-10-4-9-21-16(23)24/h1-3,5-8,11,22H,4,9-10H2,(H,21,24). The molecule has 2 N–H and O–H groups in total. The second-order valence-corrected chi connectivity index (χ2v) is 7.77. The van der Waals surface area contributed by atoms with Gasteiger partial charge in [-0.2, -0.15) is 13.2 Å². The van der Waals surface area contributed by atoms with Crippen LogP contribution in [0.3, 0.4) is 0 Å². The number of nitrogens with one attached hydrogen (secondary N) is 2. The molecule has 6 nitrogen and oxygen atoms in total. The van der Waals surface area contributed by atoms with Crippen molar-refractivity contribution in [2.75, 3.05) is 23.3 Å². The summed E-state index contributed by atoms with van der Waals surface area (Å²) in [6.07, 6.45) is 0.760. The molecule has 0 spiro atoms. The molecule has 0 radical (unpaired) electrons. The molecule has 0 atom stereocenters. The maximum atomic E-state index is 12.9. The van der Waals surface area contributed by atoms with Crippen LogP contribution in [0, 0.1) is 0 Å². The number of halogens is 3. The zero-order chi connectivity index (χ0) is 19.7. The summed E-state index contributed by atoms with van der Waals surface area (Å²) in [5, 5.41) is 5.42. The van der Waals surface area contributed by atoms with Crippen molar-refractivity contribution in [2.24, 2.45) is 0 Å². The summed E-state index contributed by atoms with van der Waals surface area (Å²) in [6.45, 7) is 1.09. The summed E-state index contributed by atoms with van der Waals surface area (Å²) in [5.74, 6) is 0. The lowest BCUT2D eigenvalue weighted by molar-refractivity contribution is -0.0435. The highest BCUT2D eigenvalue weighted by Gasteiger charge is 2.47. The summed E-state index contributed by atoms with van der Waals surface area (Å²) < 4.78 is 62.4. The van der Waals surface area contributed by atoms with Gasteiger partial charge in [-0.25, -0.2) is 13.2 Å². The fourth-order valence-corrected chi connectivity index (χ4v) is 3.63. The number of anilines is 3. The first kappa shape index (κ1) is 19.0. The number of sulfone groups is 1. The van der Waals surface area contributed by atoms with Crippen LogP contribution < -0.4 is 15.5 Å². The molecule has 144 valence electrons. The molecule has 2 aromatic carbocycles. The Balaban J connectivity index is 1.93. The van der Waals surface area contributed by atoms with Crippen LogP contribution in [-0.2, 0) is 9.84 Å². The van der Waals surface area contributed by atoms with Crippen LogP contribution in [0.2, 0.25) is 0 Å². The van der Waals surface area contributed by atoms with E-state index < -0.39 is 20.2 Å². The van der Waals surface area contributed by atoms with Crippen LogP contribution in [0.4, 0.5) is 35.0 Å². The van der Waals surface area contributed by atoms with Gasteiger partial charge in [-0.3, -0.25) is 4.90 Å². The van der Waals surface area contributed by atoms with Crippen molar-refractivity contribution < 1.29 is 26.4 Å². The molecule has 1 aliphatic heterocycles. The molecule has 27 heavy (non-hydrogen) atoms. The average Bonchev–Trinajstić information content (AvgIpc) is 2.62. The molecule has 0 aliphatic carbocycles. The van der Waals surface area contributed by atoms with Gasteiger partial charge in [0.05, 0.1) is 10.6 Å². The summed E-state index contributed by atoms with van der Waals surface area (Å²) in [7, 11) is -5.50. The molecular formula is C17H16F3N3O3S. The Bertz CT molecular complexity index is 961. The molecule has 0 unspecified atom stereocenters. The van der Waals surface area contributed by atoms with Gasteiger partial charge in [-0.1, -0.05) is 18.2 Å². The molecule has 1 aliphatic rings. The van der Waals surface area contributed by atoms with Gasteiger partial charge in [-0.15, -0.1) is 0 Å². The first-order chi connectivity index (χ1) is 12.7. The van der Waals surface area contributed by atoms with Crippen LogP contribution in [-0.4, -0.2) is 33.0 Å². The van der Waals surface area contributed by atoms with E-state index in [4.69, 9.17) is 0 Å². The van der Waals surface area contributed by atoms with Gasteiger partial charge in [-0.05, 0) is 36.8 Å². The number of urea groups is 1. The second-order valence-electron chi connectivity index (χ2n) is 5.86. The first-order valence-corrected chi connectivity index (χ1v) is 9.51. The normalized spacial score (nSPS) is 15.4. The smallest absolute Gasteiger partial charge is 0.354 e. The Labute approximate surface area is 153 Å². The third-order valence-corrected chi connectivity index (χ3v) is 5.54. The van der Waals surface area contributed by atoms with E-state index in [1.165, 1.54) is 23.1 Å². The van der Waals surface area contributed by atoms with Crippen molar-refractivity contribution >= 4 is 32.9 Å². The number of benzene rings is 2. The van der Waals surface area contributed by atoms with E-state index >= 15 is 0 Å². The fraction of sp³-hybridized carbons (Fsp3) is 0.235. The van der Waals surface area contributed by atoms with Crippen molar-refractivity contribution in [2.45, 2.75) is 16.8 Å². The van der Waals surface area contributed by atoms with Gasteiger partial charge >= 0.3 is 11.5 Å². The summed E-state index contributed by atoms with van der Waals surface area (Å²) in [5.41, 5.74) is -4.70. The molecule has 1 saturated heterocycles. The zero-order valence-corrected chi connectivity index (χ0v) is 14.8. The molecular weight excluding hydrogens is 383 g/mol. The number of nitrogens with zero attached hydrogens (tertiary/aromatic N) is 1. The Morgan fingerprint density at radius 2 is 1.81 bits per heavy atom. The van der Waals surface area contributed by atoms with Crippen LogP contribution >= 0.6 is 0 Å². The van der Waals surface area contributed by atoms with Gasteiger partial charge in [0, 0.05) is 24.5 Å². The third kappa shape index (κ3) is 3.85. The number of alkyl halides is 3. The lowest BCUT2D eigenvalue weighted by Gasteiger charge is -2.27. The highest BCUT2D eigenvalue weighted by atomic mass is 32.2. The van der Waals surface area contributed by atoms with Crippen LogP contribution in [0.1, 0.15) is 6.42 Å². The number of para-hydroxylation sites is 1. The summed E-state index contributed by atoms with van der Waals surface area (Å²) in [6, 6.07) is 11.0. The van der Waals surface area contributed by atoms with Gasteiger partial charge < -0.3 is 10.6 Å². The van der Waals surface area contributed by atoms with Crippen LogP contribution in [0.15, 0.2) is 53.4 Å². The average molecular weight is 399 g/mol. The minimum Gasteiger partial charge on any atom is -0.354 e. The van der Waals surface area contributed by atoms with E-state index in [1.807, 2.05) is 0 Å². The molecule has 2 aromatic rings. The Hall–Kier alpha value is -2.75. The summed E-state index contributed by atoms with van der Waals surface area (Å²) >= 11 is 0. The molecule has 1 fully saturated rings. The van der Waals surface area contributed by atoms with Crippen LogP contribution in [0.5, 0.6) is 0 Å². The fourth-order valence-electron chi connectivity index (χ4n) is 2.71. The van der Waals surface area contributed by atoms with Crippen molar-refractivity contribution in [3.63, 3.8) is 0 Å². The monoisotopic (exact) mass is 399 g/mol. The predicted molar refractivity (Wildman–Crippen MR) is 94.8 cm³/mol. The minimum atomic E-state index is -5.50. The largest absolute Gasteiger partial charge is 0.501 e. The van der Waals surface area contributed by atoms with E-state index in [9.17, 15) is 26.4 Å². The molecule has 1 heterocycles. The second kappa shape index (κ2) is 7.10. The van der Waals surface area contributed by atoms with Gasteiger partial charge in [0.15, 0.2) is 0 Å². The first-order valence-electron chi connectivity index (χ1n) is 8.03. The Morgan fingerprint density at radius 1 is 1.07 bits per heavy atom. The van der Waals surface area contributed by atoms with Crippen molar-refractivity contribution in [1.82, 2.24) is 5.32 Å². The van der Waals surface area contributed by atoms with E-state index in [0.717, 1.165) is 12.5 Å². The third-order valence-electron chi connectivity index (χ3n) is 4.00. The van der Waals surface area contributed by atoms with Crippen molar-refractivity contribution in [3.8, 4) is 0 Å². The predicted octanol–water partition coefficient (Wildman–Crippen LogP) is 3.64. The van der Waals surface area contributed by atoms with E-state index in [-0.39, 0.29) is 11.7 Å². The quantitative estimate of drug-likeness (QED) is 0.823. The number of hydrogen-bond acceptors (Lipinski definition) is 4. The number of amides is 2. The minimum absolute atomic E-state index is 0.199. The lowest BCUT2D eigenvalue weighted by atomic mass is 10.2. The van der Waals surface area contributed by atoms with E-state index in [0.29, 0.717) is 24.5 Å². The maximum absolute atomic E-state index is 12.9. The number of carbonyl (C=O) groups is 1. The molecule has 3 rings (SSSR count). The molecule has 0 aromatic heterocycles. The number of hydrogen-bond donors (Lipinski definition) is 2.